The van der Waals surface area contributed by atoms with E-state index in [9.17, 15) is 4.79 Å². The molecule has 1 aliphatic carbocycles. The third kappa shape index (κ3) is 2.54. The molecule has 2 atom stereocenters. The van der Waals surface area contributed by atoms with Crippen molar-refractivity contribution < 1.29 is 4.79 Å². The van der Waals surface area contributed by atoms with Gasteiger partial charge in [-0.15, -0.1) is 0 Å². The number of rotatable bonds is 3. The van der Waals surface area contributed by atoms with Gasteiger partial charge in [0, 0.05) is 24.5 Å². The van der Waals surface area contributed by atoms with Crippen LogP contribution in [0.5, 0.6) is 0 Å². The topological polar surface area (TPSA) is 23.6 Å². The normalized spacial score (nSPS) is 33.4. The highest BCUT2D eigenvalue weighted by molar-refractivity contribution is 5.79. The molecular formula is C16H28N2O. The van der Waals surface area contributed by atoms with Gasteiger partial charge in [0.2, 0.25) is 5.91 Å². The van der Waals surface area contributed by atoms with E-state index in [1.54, 1.807) is 0 Å². The van der Waals surface area contributed by atoms with E-state index in [0.717, 1.165) is 25.9 Å². The first-order chi connectivity index (χ1) is 9.31. The minimum atomic E-state index is 0.358. The largest absolute Gasteiger partial charge is 0.338 e. The molecular weight excluding hydrogens is 236 g/mol. The predicted molar refractivity (Wildman–Crippen MR) is 77.0 cm³/mol. The average molecular weight is 264 g/mol. The number of carbonyl (C=O) groups excluding carboxylic acids is 1. The van der Waals surface area contributed by atoms with E-state index in [-0.39, 0.29) is 0 Å². The predicted octanol–water partition coefficient (Wildman–Crippen LogP) is 2.65. The number of carbonyl (C=O) groups is 1. The van der Waals surface area contributed by atoms with Crippen molar-refractivity contribution in [2.24, 2.45) is 5.92 Å². The van der Waals surface area contributed by atoms with Gasteiger partial charge in [-0.05, 0) is 51.6 Å². The smallest absolute Gasteiger partial charge is 0.225 e. The number of likely N-dealkylation sites (N-methyl/N-ethyl adjacent to an activating group) is 1. The van der Waals surface area contributed by atoms with Gasteiger partial charge in [-0.3, -0.25) is 9.69 Å². The van der Waals surface area contributed by atoms with Gasteiger partial charge in [0.05, 0.1) is 0 Å². The van der Waals surface area contributed by atoms with Crippen molar-refractivity contribution in [1.82, 2.24) is 9.80 Å². The van der Waals surface area contributed by atoms with E-state index in [2.05, 4.69) is 16.7 Å². The van der Waals surface area contributed by atoms with Crippen molar-refractivity contribution in [3.63, 3.8) is 0 Å². The second-order valence-corrected chi connectivity index (χ2v) is 6.56. The van der Waals surface area contributed by atoms with Crippen LogP contribution in [-0.2, 0) is 4.79 Å². The Morgan fingerprint density at radius 2 is 1.63 bits per heavy atom. The highest BCUT2D eigenvalue weighted by atomic mass is 16.2. The van der Waals surface area contributed by atoms with Crippen molar-refractivity contribution in [3.05, 3.63) is 0 Å². The molecule has 0 aromatic heterocycles. The minimum absolute atomic E-state index is 0.358. The van der Waals surface area contributed by atoms with Crippen molar-refractivity contribution in [2.45, 2.75) is 70.4 Å². The van der Waals surface area contributed by atoms with E-state index in [1.807, 2.05) is 0 Å². The second kappa shape index (κ2) is 5.82. The molecule has 2 aliphatic heterocycles. The Kier molecular flexibility index (Phi) is 4.11. The summed E-state index contributed by atoms with van der Waals surface area (Å²) in [5.74, 6) is 0.847. The maximum absolute atomic E-state index is 12.7. The molecule has 3 heteroatoms. The van der Waals surface area contributed by atoms with Crippen LogP contribution in [0.2, 0.25) is 0 Å². The van der Waals surface area contributed by atoms with Gasteiger partial charge in [0.15, 0.2) is 0 Å². The van der Waals surface area contributed by atoms with Crippen molar-refractivity contribution in [1.29, 1.82) is 0 Å². The number of likely N-dealkylation sites (tertiary alicyclic amines) is 2. The SMILES string of the molecule is CCN1CCC[C@@H]1[C@@H]1CCCN1C(=O)C1CCCC1. The van der Waals surface area contributed by atoms with Gasteiger partial charge in [-0.25, -0.2) is 0 Å². The zero-order valence-electron chi connectivity index (χ0n) is 12.3. The third-order valence-electron chi connectivity index (χ3n) is 5.55. The summed E-state index contributed by atoms with van der Waals surface area (Å²) in [7, 11) is 0. The van der Waals surface area contributed by atoms with Crippen LogP contribution >= 0.6 is 0 Å². The molecule has 0 radical (unpaired) electrons. The van der Waals surface area contributed by atoms with Gasteiger partial charge in [0.25, 0.3) is 0 Å². The van der Waals surface area contributed by atoms with Crippen molar-refractivity contribution in [2.75, 3.05) is 19.6 Å². The fourth-order valence-corrected chi connectivity index (χ4v) is 4.55. The van der Waals surface area contributed by atoms with Crippen LogP contribution in [0.1, 0.15) is 58.3 Å². The molecule has 3 nitrogen and oxygen atoms in total. The van der Waals surface area contributed by atoms with Crippen LogP contribution in [0, 0.1) is 5.92 Å². The Balaban J connectivity index is 1.68. The fraction of sp³-hybridized carbons (Fsp3) is 0.938. The van der Waals surface area contributed by atoms with Crippen LogP contribution < -0.4 is 0 Å². The molecule has 0 unspecified atom stereocenters. The third-order valence-corrected chi connectivity index (χ3v) is 5.55. The lowest BCUT2D eigenvalue weighted by molar-refractivity contribution is -0.137. The summed E-state index contributed by atoms with van der Waals surface area (Å²) in [5, 5.41) is 0. The molecule has 3 rings (SSSR count). The monoisotopic (exact) mass is 264 g/mol. The number of nitrogens with zero attached hydrogens (tertiary/aromatic N) is 2. The van der Waals surface area contributed by atoms with Crippen molar-refractivity contribution in [3.8, 4) is 0 Å². The Morgan fingerprint density at radius 1 is 0.947 bits per heavy atom. The first-order valence-corrected chi connectivity index (χ1v) is 8.35. The molecule has 0 N–H and O–H groups in total. The number of hydrogen-bond donors (Lipinski definition) is 0. The molecule has 0 bridgehead atoms. The average Bonchev–Trinajstić information content (AvgIpc) is 3.16. The molecule has 0 aromatic rings. The molecule has 1 saturated carbocycles. The van der Waals surface area contributed by atoms with Crippen LogP contribution in [0.25, 0.3) is 0 Å². The highest BCUT2D eigenvalue weighted by Gasteiger charge is 2.41. The Hall–Kier alpha value is -0.570. The lowest BCUT2D eigenvalue weighted by Crippen LogP contribution is -2.49. The molecule has 3 fully saturated rings. The van der Waals surface area contributed by atoms with Gasteiger partial charge < -0.3 is 4.90 Å². The second-order valence-electron chi connectivity index (χ2n) is 6.56. The maximum atomic E-state index is 12.7. The van der Waals surface area contributed by atoms with Crippen LogP contribution in [0.15, 0.2) is 0 Å². The summed E-state index contributed by atoms with van der Waals surface area (Å²) < 4.78 is 0. The van der Waals surface area contributed by atoms with Gasteiger partial charge in [-0.2, -0.15) is 0 Å². The molecule has 0 aromatic carbocycles. The minimum Gasteiger partial charge on any atom is -0.338 e. The lowest BCUT2D eigenvalue weighted by atomic mass is 10.0. The number of amides is 1. The van der Waals surface area contributed by atoms with E-state index < -0.39 is 0 Å². The molecule has 1 amide bonds. The molecule has 3 aliphatic rings. The summed E-state index contributed by atoms with van der Waals surface area (Å²) in [6.45, 7) is 5.67. The Bertz CT molecular complexity index is 325. The number of hydrogen-bond acceptors (Lipinski definition) is 2. The fourth-order valence-electron chi connectivity index (χ4n) is 4.55. The summed E-state index contributed by atoms with van der Waals surface area (Å²) in [6, 6.07) is 1.17. The summed E-state index contributed by atoms with van der Waals surface area (Å²) in [6.07, 6.45) is 9.89. The van der Waals surface area contributed by atoms with E-state index >= 15 is 0 Å². The molecule has 19 heavy (non-hydrogen) atoms. The van der Waals surface area contributed by atoms with E-state index in [1.165, 1.54) is 45.1 Å². The summed E-state index contributed by atoms with van der Waals surface area (Å²) in [4.78, 5) is 17.6. The summed E-state index contributed by atoms with van der Waals surface area (Å²) in [5.41, 5.74) is 0. The Labute approximate surface area is 117 Å². The maximum Gasteiger partial charge on any atom is 0.225 e. The van der Waals surface area contributed by atoms with Crippen LogP contribution in [0.3, 0.4) is 0 Å². The van der Waals surface area contributed by atoms with Gasteiger partial charge >= 0.3 is 0 Å². The lowest BCUT2D eigenvalue weighted by Gasteiger charge is -2.35. The molecule has 2 saturated heterocycles. The first kappa shape index (κ1) is 13.4. The molecule has 2 heterocycles. The Morgan fingerprint density at radius 3 is 2.37 bits per heavy atom. The van der Waals surface area contributed by atoms with E-state index in [0.29, 0.717) is 23.9 Å². The zero-order chi connectivity index (χ0) is 13.2. The standard InChI is InChI=1S/C16H28N2O/c1-2-17-11-5-9-14(17)15-10-6-12-18(15)16(19)13-7-3-4-8-13/h13-15H,2-12H2,1H3/t14-,15+/m1/s1. The van der Waals surface area contributed by atoms with E-state index in [4.69, 9.17) is 0 Å². The van der Waals surface area contributed by atoms with Crippen LogP contribution in [-0.4, -0.2) is 47.4 Å². The van der Waals surface area contributed by atoms with Gasteiger partial charge in [0.1, 0.15) is 0 Å². The molecule has 108 valence electrons. The van der Waals surface area contributed by atoms with Crippen LogP contribution in [0.4, 0.5) is 0 Å². The zero-order valence-corrected chi connectivity index (χ0v) is 12.3. The first-order valence-electron chi connectivity index (χ1n) is 8.35. The van der Waals surface area contributed by atoms with Crippen molar-refractivity contribution >= 4 is 5.91 Å². The summed E-state index contributed by atoms with van der Waals surface area (Å²) >= 11 is 0. The quantitative estimate of drug-likeness (QED) is 0.782. The highest BCUT2D eigenvalue weighted by Crippen LogP contribution is 2.34. The van der Waals surface area contributed by atoms with Gasteiger partial charge in [-0.1, -0.05) is 19.8 Å². The molecule has 0 spiro atoms.